The van der Waals surface area contributed by atoms with Crippen LogP contribution in [-0.2, 0) is 0 Å². The van der Waals surface area contributed by atoms with Gasteiger partial charge in [-0.15, -0.1) is 0 Å². The SMILES string of the molecule is CCN(C(C)C)C(C)CNCCC(C)C. The monoisotopic (exact) mass is 214 g/mol. The van der Waals surface area contributed by atoms with E-state index in [1.807, 2.05) is 0 Å². The average Bonchev–Trinajstić information content (AvgIpc) is 2.12. The first-order valence-electron chi connectivity index (χ1n) is 6.45. The van der Waals surface area contributed by atoms with Gasteiger partial charge in [0.2, 0.25) is 0 Å². The summed E-state index contributed by atoms with van der Waals surface area (Å²) in [4.78, 5) is 2.53. The van der Waals surface area contributed by atoms with Gasteiger partial charge in [0.25, 0.3) is 0 Å². The molecule has 0 aliphatic rings. The van der Waals surface area contributed by atoms with E-state index in [4.69, 9.17) is 0 Å². The van der Waals surface area contributed by atoms with E-state index in [0.717, 1.165) is 25.6 Å². The Morgan fingerprint density at radius 1 is 1.07 bits per heavy atom. The molecule has 2 nitrogen and oxygen atoms in total. The number of rotatable bonds is 8. The molecule has 0 aromatic heterocycles. The van der Waals surface area contributed by atoms with E-state index in [-0.39, 0.29) is 0 Å². The van der Waals surface area contributed by atoms with Crippen LogP contribution in [0.2, 0.25) is 0 Å². The van der Waals surface area contributed by atoms with Crippen molar-refractivity contribution in [3.8, 4) is 0 Å². The molecule has 0 spiro atoms. The molecule has 0 aliphatic carbocycles. The Morgan fingerprint density at radius 3 is 2.07 bits per heavy atom. The molecule has 0 radical (unpaired) electrons. The Labute approximate surface area is 96.4 Å². The first kappa shape index (κ1) is 14.9. The molecule has 2 heteroatoms. The molecule has 0 saturated carbocycles. The van der Waals surface area contributed by atoms with Crippen LogP contribution in [-0.4, -0.2) is 36.6 Å². The van der Waals surface area contributed by atoms with Crippen molar-refractivity contribution >= 4 is 0 Å². The molecule has 1 atom stereocenters. The number of hydrogen-bond acceptors (Lipinski definition) is 2. The van der Waals surface area contributed by atoms with Crippen LogP contribution in [0.15, 0.2) is 0 Å². The molecular formula is C13H30N2. The van der Waals surface area contributed by atoms with Crippen molar-refractivity contribution in [3.63, 3.8) is 0 Å². The van der Waals surface area contributed by atoms with Crippen molar-refractivity contribution in [2.75, 3.05) is 19.6 Å². The van der Waals surface area contributed by atoms with E-state index in [2.05, 4.69) is 51.8 Å². The molecular weight excluding hydrogens is 184 g/mol. The lowest BCUT2D eigenvalue weighted by Crippen LogP contribution is -2.44. The fourth-order valence-electron chi connectivity index (χ4n) is 2.00. The molecule has 0 saturated heterocycles. The fourth-order valence-corrected chi connectivity index (χ4v) is 2.00. The second-order valence-corrected chi connectivity index (χ2v) is 5.16. The third-order valence-corrected chi connectivity index (χ3v) is 2.93. The van der Waals surface area contributed by atoms with Crippen molar-refractivity contribution < 1.29 is 0 Å². The largest absolute Gasteiger partial charge is 0.315 e. The van der Waals surface area contributed by atoms with Gasteiger partial charge in [-0.1, -0.05) is 20.8 Å². The van der Waals surface area contributed by atoms with Crippen LogP contribution in [0.3, 0.4) is 0 Å². The molecule has 0 bridgehead atoms. The number of nitrogens with one attached hydrogen (secondary N) is 1. The first-order valence-corrected chi connectivity index (χ1v) is 6.45. The molecule has 0 aromatic carbocycles. The predicted molar refractivity (Wildman–Crippen MR) is 69.3 cm³/mol. The number of hydrogen-bond donors (Lipinski definition) is 1. The molecule has 0 aromatic rings. The number of nitrogens with zero attached hydrogens (tertiary/aromatic N) is 1. The topological polar surface area (TPSA) is 15.3 Å². The summed E-state index contributed by atoms with van der Waals surface area (Å²) in [6.07, 6.45) is 1.28. The molecule has 0 fully saturated rings. The molecule has 0 amide bonds. The first-order chi connectivity index (χ1) is 6.99. The number of likely N-dealkylation sites (N-methyl/N-ethyl adjacent to an activating group) is 1. The standard InChI is InChI=1S/C13H30N2/c1-7-15(12(4)5)13(6)10-14-9-8-11(2)3/h11-14H,7-10H2,1-6H3. The minimum Gasteiger partial charge on any atom is -0.315 e. The van der Waals surface area contributed by atoms with Gasteiger partial charge in [0.15, 0.2) is 0 Å². The van der Waals surface area contributed by atoms with Crippen LogP contribution in [0, 0.1) is 5.92 Å². The predicted octanol–water partition coefficient (Wildman–Crippen LogP) is 2.74. The van der Waals surface area contributed by atoms with E-state index >= 15 is 0 Å². The van der Waals surface area contributed by atoms with Crippen LogP contribution in [0.1, 0.15) is 48.0 Å². The summed E-state index contributed by atoms with van der Waals surface area (Å²) in [6, 6.07) is 1.29. The minimum atomic E-state index is 0.641. The minimum absolute atomic E-state index is 0.641. The summed E-state index contributed by atoms with van der Waals surface area (Å²) in [5.74, 6) is 0.806. The van der Waals surface area contributed by atoms with Gasteiger partial charge in [-0.2, -0.15) is 0 Å². The maximum atomic E-state index is 3.54. The van der Waals surface area contributed by atoms with E-state index < -0.39 is 0 Å². The summed E-state index contributed by atoms with van der Waals surface area (Å²) < 4.78 is 0. The van der Waals surface area contributed by atoms with Crippen molar-refractivity contribution in [2.45, 2.75) is 60.0 Å². The zero-order valence-corrected chi connectivity index (χ0v) is 11.5. The van der Waals surface area contributed by atoms with E-state index in [1.54, 1.807) is 0 Å². The summed E-state index contributed by atoms with van der Waals surface area (Å²) in [6.45, 7) is 17.1. The van der Waals surface area contributed by atoms with Gasteiger partial charge < -0.3 is 5.32 Å². The summed E-state index contributed by atoms with van der Waals surface area (Å²) in [5, 5.41) is 3.54. The Bertz CT molecular complexity index is 143. The Kier molecular flexibility index (Phi) is 8.07. The Morgan fingerprint density at radius 2 is 1.67 bits per heavy atom. The van der Waals surface area contributed by atoms with Gasteiger partial charge in [-0.05, 0) is 46.2 Å². The fraction of sp³-hybridized carbons (Fsp3) is 1.00. The normalized spacial score (nSPS) is 14.2. The van der Waals surface area contributed by atoms with Gasteiger partial charge in [0.1, 0.15) is 0 Å². The summed E-state index contributed by atoms with van der Waals surface area (Å²) >= 11 is 0. The second kappa shape index (κ2) is 8.12. The highest BCUT2D eigenvalue weighted by atomic mass is 15.2. The van der Waals surface area contributed by atoms with E-state index in [0.29, 0.717) is 12.1 Å². The van der Waals surface area contributed by atoms with Crippen LogP contribution in [0.25, 0.3) is 0 Å². The second-order valence-electron chi connectivity index (χ2n) is 5.16. The summed E-state index contributed by atoms with van der Waals surface area (Å²) in [7, 11) is 0. The average molecular weight is 214 g/mol. The molecule has 1 N–H and O–H groups in total. The smallest absolute Gasteiger partial charge is 0.0194 e. The van der Waals surface area contributed by atoms with E-state index in [9.17, 15) is 0 Å². The lowest BCUT2D eigenvalue weighted by molar-refractivity contribution is 0.170. The zero-order chi connectivity index (χ0) is 11.8. The van der Waals surface area contributed by atoms with Gasteiger partial charge in [-0.25, -0.2) is 0 Å². The molecule has 0 aliphatic heterocycles. The molecule has 0 rings (SSSR count). The van der Waals surface area contributed by atoms with Gasteiger partial charge in [0.05, 0.1) is 0 Å². The van der Waals surface area contributed by atoms with Gasteiger partial charge in [-0.3, -0.25) is 4.90 Å². The van der Waals surface area contributed by atoms with Crippen LogP contribution >= 0.6 is 0 Å². The molecule has 92 valence electrons. The lowest BCUT2D eigenvalue weighted by atomic mass is 10.1. The Balaban J connectivity index is 3.66. The highest BCUT2D eigenvalue weighted by Crippen LogP contribution is 2.04. The highest BCUT2D eigenvalue weighted by Gasteiger charge is 2.14. The Hall–Kier alpha value is -0.0800. The summed E-state index contributed by atoms with van der Waals surface area (Å²) in [5.41, 5.74) is 0. The maximum Gasteiger partial charge on any atom is 0.0194 e. The lowest BCUT2D eigenvalue weighted by Gasteiger charge is -2.31. The molecule has 15 heavy (non-hydrogen) atoms. The zero-order valence-electron chi connectivity index (χ0n) is 11.5. The van der Waals surface area contributed by atoms with Crippen molar-refractivity contribution in [1.29, 1.82) is 0 Å². The van der Waals surface area contributed by atoms with Crippen LogP contribution < -0.4 is 5.32 Å². The quantitative estimate of drug-likeness (QED) is 0.625. The van der Waals surface area contributed by atoms with E-state index in [1.165, 1.54) is 6.42 Å². The maximum absolute atomic E-state index is 3.54. The third-order valence-electron chi connectivity index (χ3n) is 2.93. The van der Waals surface area contributed by atoms with Gasteiger partial charge in [0, 0.05) is 18.6 Å². The third kappa shape index (κ3) is 6.91. The van der Waals surface area contributed by atoms with Crippen molar-refractivity contribution in [3.05, 3.63) is 0 Å². The van der Waals surface area contributed by atoms with Crippen molar-refractivity contribution in [2.24, 2.45) is 5.92 Å². The van der Waals surface area contributed by atoms with Gasteiger partial charge >= 0.3 is 0 Å². The molecule has 1 unspecified atom stereocenters. The van der Waals surface area contributed by atoms with Crippen LogP contribution in [0.4, 0.5) is 0 Å². The van der Waals surface area contributed by atoms with Crippen LogP contribution in [0.5, 0.6) is 0 Å². The molecule has 0 heterocycles. The van der Waals surface area contributed by atoms with Crippen molar-refractivity contribution in [1.82, 2.24) is 10.2 Å². The highest BCUT2D eigenvalue weighted by molar-refractivity contribution is 4.71.